The van der Waals surface area contributed by atoms with E-state index in [1.807, 2.05) is 11.6 Å². The number of amides is 1. The number of nitrogens with zero attached hydrogens (tertiary/aromatic N) is 4. The third kappa shape index (κ3) is 4.54. The molecule has 118 valence electrons. The predicted molar refractivity (Wildman–Crippen MR) is 80.8 cm³/mol. The predicted octanol–water partition coefficient (Wildman–Crippen LogP) is 1.41. The van der Waals surface area contributed by atoms with Gasteiger partial charge in [-0.3, -0.25) is 4.79 Å². The van der Waals surface area contributed by atoms with Crippen LogP contribution in [0.5, 0.6) is 0 Å². The summed E-state index contributed by atoms with van der Waals surface area (Å²) < 4.78 is 7.74. The number of hydrogen-bond donors (Lipinski definition) is 0. The van der Waals surface area contributed by atoms with Crippen LogP contribution in [-0.2, 0) is 16.1 Å². The van der Waals surface area contributed by atoms with Gasteiger partial charge in [-0.1, -0.05) is 0 Å². The van der Waals surface area contributed by atoms with Crippen LogP contribution in [0.25, 0.3) is 0 Å². The van der Waals surface area contributed by atoms with Gasteiger partial charge in [0.05, 0.1) is 5.69 Å². The number of carbonyl (C=O) groups excluding carboxylic acids is 1. The number of aromatic nitrogens is 2. The molecule has 0 N–H and O–H groups in total. The van der Waals surface area contributed by atoms with Gasteiger partial charge in [0.15, 0.2) is 0 Å². The standard InChI is InChI=1S/C15H26N4O2/c1-13-14(10-17(2)7-8-18(3)12-20)11-19(16-13)15-6-4-5-9-21-15/h11-12,15H,4-10H2,1-3H3. The minimum absolute atomic E-state index is 0.0951. The van der Waals surface area contributed by atoms with Crippen molar-refractivity contribution in [1.29, 1.82) is 0 Å². The Morgan fingerprint density at radius 1 is 1.43 bits per heavy atom. The van der Waals surface area contributed by atoms with Gasteiger partial charge in [0.1, 0.15) is 6.23 Å². The molecule has 6 nitrogen and oxygen atoms in total. The van der Waals surface area contributed by atoms with Crippen LogP contribution < -0.4 is 0 Å². The molecule has 0 radical (unpaired) electrons. The summed E-state index contributed by atoms with van der Waals surface area (Å²) in [4.78, 5) is 14.4. The van der Waals surface area contributed by atoms with Gasteiger partial charge in [-0.15, -0.1) is 0 Å². The monoisotopic (exact) mass is 294 g/mol. The lowest BCUT2D eigenvalue weighted by Crippen LogP contribution is -2.29. The van der Waals surface area contributed by atoms with Crippen LogP contribution in [0.15, 0.2) is 6.20 Å². The van der Waals surface area contributed by atoms with Crippen molar-refractivity contribution in [3.63, 3.8) is 0 Å². The molecule has 2 heterocycles. The highest BCUT2D eigenvalue weighted by atomic mass is 16.5. The molecule has 1 amide bonds. The van der Waals surface area contributed by atoms with Crippen LogP contribution in [0.4, 0.5) is 0 Å². The van der Waals surface area contributed by atoms with Crippen LogP contribution in [0.2, 0.25) is 0 Å². The zero-order chi connectivity index (χ0) is 15.2. The molecule has 1 fully saturated rings. The first-order valence-corrected chi connectivity index (χ1v) is 7.60. The summed E-state index contributed by atoms with van der Waals surface area (Å²) >= 11 is 0. The van der Waals surface area contributed by atoms with Crippen LogP contribution in [0.3, 0.4) is 0 Å². The number of carbonyl (C=O) groups is 1. The normalized spacial score (nSPS) is 19.0. The molecule has 1 aromatic heterocycles. The molecule has 0 saturated carbocycles. The molecule has 1 aliphatic rings. The van der Waals surface area contributed by atoms with Crippen LogP contribution in [-0.4, -0.2) is 59.8 Å². The van der Waals surface area contributed by atoms with E-state index in [2.05, 4.69) is 23.2 Å². The largest absolute Gasteiger partial charge is 0.357 e. The van der Waals surface area contributed by atoms with Gasteiger partial charge in [-0.25, -0.2) is 4.68 Å². The molecule has 21 heavy (non-hydrogen) atoms. The topological polar surface area (TPSA) is 50.6 Å². The van der Waals surface area contributed by atoms with Gasteiger partial charge in [-0.05, 0) is 33.2 Å². The lowest BCUT2D eigenvalue weighted by atomic mass is 10.2. The van der Waals surface area contributed by atoms with Crippen molar-refractivity contribution < 1.29 is 9.53 Å². The highest BCUT2D eigenvalue weighted by Gasteiger charge is 2.18. The second kappa shape index (κ2) is 7.56. The van der Waals surface area contributed by atoms with Gasteiger partial charge < -0.3 is 14.5 Å². The second-order valence-corrected chi connectivity index (χ2v) is 5.86. The summed E-state index contributed by atoms with van der Waals surface area (Å²) in [7, 11) is 3.86. The Kier molecular flexibility index (Phi) is 5.76. The fourth-order valence-electron chi connectivity index (χ4n) is 2.51. The Balaban J connectivity index is 1.90. The highest BCUT2D eigenvalue weighted by molar-refractivity contribution is 5.46. The number of rotatable bonds is 7. The summed E-state index contributed by atoms with van der Waals surface area (Å²) in [6.07, 6.45) is 6.45. The number of likely N-dealkylation sites (N-methyl/N-ethyl adjacent to an activating group) is 2. The van der Waals surface area contributed by atoms with E-state index in [1.54, 1.807) is 11.9 Å². The highest BCUT2D eigenvalue weighted by Crippen LogP contribution is 2.23. The van der Waals surface area contributed by atoms with Crippen molar-refractivity contribution in [2.75, 3.05) is 33.8 Å². The first-order chi connectivity index (χ1) is 10.1. The smallest absolute Gasteiger partial charge is 0.209 e. The van der Waals surface area contributed by atoms with Gasteiger partial charge in [0, 0.05) is 45.0 Å². The molecular weight excluding hydrogens is 268 g/mol. The first kappa shape index (κ1) is 16.0. The number of aryl methyl sites for hydroxylation is 1. The average Bonchev–Trinajstić information content (AvgIpc) is 2.86. The fourth-order valence-corrected chi connectivity index (χ4v) is 2.51. The Morgan fingerprint density at radius 3 is 2.90 bits per heavy atom. The number of ether oxygens (including phenoxy) is 1. The fraction of sp³-hybridized carbons (Fsp3) is 0.733. The van der Waals surface area contributed by atoms with Gasteiger partial charge in [0.2, 0.25) is 6.41 Å². The minimum Gasteiger partial charge on any atom is -0.357 e. The van der Waals surface area contributed by atoms with Crippen molar-refractivity contribution >= 4 is 6.41 Å². The van der Waals surface area contributed by atoms with Crippen molar-refractivity contribution in [2.24, 2.45) is 0 Å². The molecule has 1 aliphatic heterocycles. The zero-order valence-electron chi connectivity index (χ0n) is 13.3. The second-order valence-electron chi connectivity index (χ2n) is 5.86. The van der Waals surface area contributed by atoms with Crippen molar-refractivity contribution in [2.45, 2.75) is 39.0 Å². The van der Waals surface area contributed by atoms with E-state index in [9.17, 15) is 4.79 Å². The third-order valence-electron chi connectivity index (χ3n) is 3.92. The molecular formula is C15H26N4O2. The van der Waals surface area contributed by atoms with Crippen LogP contribution >= 0.6 is 0 Å². The first-order valence-electron chi connectivity index (χ1n) is 7.60. The molecule has 6 heteroatoms. The van der Waals surface area contributed by atoms with E-state index in [1.165, 1.54) is 12.0 Å². The molecule has 1 saturated heterocycles. The van der Waals surface area contributed by atoms with Crippen molar-refractivity contribution in [3.05, 3.63) is 17.5 Å². The summed E-state index contributed by atoms with van der Waals surface area (Å²) in [5.74, 6) is 0. The maximum Gasteiger partial charge on any atom is 0.209 e. The van der Waals surface area contributed by atoms with Crippen molar-refractivity contribution in [1.82, 2.24) is 19.6 Å². The maximum atomic E-state index is 10.6. The van der Waals surface area contributed by atoms with Crippen molar-refractivity contribution in [3.8, 4) is 0 Å². The maximum absolute atomic E-state index is 10.6. The summed E-state index contributed by atoms with van der Waals surface area (Å²) in [5, 5.41) is 4.60. The molecule has 0 bridgehead atoms. The van der Waals surface area contributed by atoms with E-state index in [0.717, 1.165) is 51.2 Å². The van der Waals surface area contributed by atoms with E-state index in [-0.39, 0.29) is 6.23 Å². The van der Waals surface area contributed by atoms with Gasteiger partial charge >= 0.3 is 0 Å². The van der Waals surface area contributed by atoms with E-state index < -0.39 is 0 Å². The molecule has 0 aliphatic carbocycles. The quantitative estimate of drug-likeness (QED) is 0.714. The van der Waals surface area contributed by atoms with Gasteiger partial charge in [0.25, 0.3) is 0 Å². The summed E-state index contributed by atoms with van der Waals surface area (Å²) in [6.45, 7) is 5.29. The van der Waals surface area contributed by atoms with E-state index in [0.29, 0.717) is 0 Å². The lowest BCUT2D eigenvalue weighted by molar-refractivity contribution is -0.117. The van der Waals surface area contributed by atoms with Crippen LogP contribution in [0.1, 0.15) is 36.7 Å². The Bertz CT molecular complexity index is 455. The summed E-state index contributed by atoms with van der Waals surface area (Å²) in [5.41, 5.74) is 2.28. The third-order valence-corrected chi connectivity index (χ3v) is 3.92. The average molecular weight is 294 g/mol. The Hall–Kier alpha value is -1.40. The Labute approximate surface area is 126 Å². The zero-order valence-corrected chi connectivity index (χ0v) is 13.3. The molecule has 0 spiro atoms. The lowest BCUT2D eigenvalue weighted by Gasteiger charge is -2.22. The molecule has 1 atom stereocenters. The van der Waals surface area contributed by atoms with Gasteiger partial charge in [-0.2, -0.15) is 5.10 Å². The SMILES string of the molecule is Cc1nn(C2CCCCO2)cc1CN(C)CCN(C)C=O. The Morgan fingerprint density at radius 2 is 2.24 bits per heavy atom. The molecule has 1 aromatic rings. The minimum atomic E-state index is 0.0951. The molecule has 0 aromatic carbocycles. The molecule has 1 unspecified atom stereocenters. The number of hydrogen-bond acceptors (Lipinski definition) is 4. The van der Waals surface area contributed by atoms with E-state index >= 15 is 0 Å². The summed E-state index contributed by atoms with van der Waals surface area (Å²) in [6, 6.07) is 0. The van der Waals surface area contributed by atoms with Crippen LogP contribution in [0, 0.1) is 6.92 Å². The molecule has 2 rings (SSSR count). The van der Waals surface area contributed by atoms with E-state index in [4.69, 9.17) is 4.74 Å².